The van der Waals surface area contributed by atoms with Crippen molar-refractivity contribution in [2.45, 2.75) is 19.9 Å². The molecule has 0 saturated carbocycles. The smallest absolute Gasteiger partial charge is 0.338 e. The van der Waals surface area contributed by atoms with Gasteiger partial charge < -0.3 is 9.64 Å². The van der Waals surface area contributed by atoms with Crippen molar-refractivity contribution in [1.29, 1.82) is 0 Å². The summed E-state index contributed by atoms with van der Waals surface area (Å²) in [4.78, 5) is 33.7. The molecule has 0 radical (unpaired) electrons. The molecule has 1 atom stereocenters. The molecule has 34 heavy (non-hydrogen) atoms. The summed E-state index contributed by atoms with van der Waals surface area (Å²) in [7, 11) is 3.95. The van der Waals surface area contributed by atoms with Crippen molar-refractivity contribution in [1.82, 2.24) is 4.57 Å². The number of benzene rings is 2. The van der Waals surface area contributed by atoms with Gasteiger partial charge in [0.1, 0.15) is 0 Å². The predicted octanol–water partition coefficient (Wildman–Crippen LogP) is 4.39. The zero-order chi connectivity index (χ0) is 24.6. The summed E-state index contributed by atoms with van der Waals surface area (Å²) in [5, 5.41) is 0. The van der Waals surface area contributed by atoms with Crippen LogP contribution in [0.5, 0.6) is 0 Å². The molecular weight excluding hydrogens is 582 g/mol. The molecule has 2 aromatic carbocycles. The van der Waals surface area contributed by atoms with E-state index in [0.717, 1.165) is 25.8 Å². The van der Waals surface area contributed by atoms with Crippen LogP contribution in [0.2, 0.25) is 0 Å². The summed E-state index contributed by atoms with van der Waals surface area (Å²) in [5.74, 6) is -0.464. The van der Waals surface area contributed by atoms with E-state index in [1.807, 2.05) is 67.5 Å². The largest absolute Gasteiger partial charge is 0.463 e. The fourth-order valence-corrected chi connectivity index (χ4v) is 5.94. The van der Waals surface area contributed by atoms with Crippen LogP contribution in [0.15, 0.2) is 72.5 Å². The highest BCUT2D eigenvalue weighted by atomic mass is 79.9. The number of carbonyl (C=O) groups excluding carboxylic acids is 1. The lowest BCUT2D eigenvalue weighted by atomic mass is 9.96. The van der Waals surface area contributed by atoms with E-state index in [2.05, 4.69) is 36.9 Å². The molecule has 0 amide bonds. The minimum atomic E-state index is -0.617. The van der Waals surface area contributed by atoms with Crippen LogP contribution in [0.1, 0.15) is 31.0 Å². The number of rotatable bonds is 5. The van der Waals surface area contributed by atoms with E-state index in [1.165, 1.54) is 11.3 Å². The molecule has 9 heteroatoms. The number of halogens is 2. The van der Waals surface area contributed by atoms with E-state index in [4.69, 9.17) is 4.74 Å². The summed E-state index contributed by atoms with van der Waals surface area (Å²) in [6, 6.07) is 12.9. The Morgan fingerprint density at radius 2 is 1.91 bits per heavy atom. The number of thiazole rings is 1. The topological polar surface area (TPSA) is 63.9 Å². The van der Waals surface area contributed by atoms with Crippen LogP contribution in [-0.4, -0.2) is 31.2 Å². The number of nitrogens with zero attached hydrogens (tertiary/aromatic N) is 3. The SMILES string of the molecule is CCOC(=O)C1=C(C)N=c2s/c(=C/c3ccc(N(C)C)c(Br)c3)c(=O)n2C1c1ccc(Br)cc1. The Kier molecular flexibility index (Phi) is 7.25. The first-order valence-electron chi connectivity index (χ1n) is 10.6. The van der Waals surface area contributed by atoms with E-state index in [-0.39, 0.29) is 12.2 Å². The number of fused-ring (bicyclic) bond motifs is 1. The van der Waals surface area contributed by atoms with Crippen LogP contribution < -0.4 is 19.8 Å². The van der Waals surface area contributed by atoms with Gasteiger partial charge in [-0.1, -0.05) is 45.5 Å². The average molecular weight is 605 g/mol. The van der Waals surface area contributed by atoms with Crippen LogP contribution in [0, 0.1) is 0 Å². The van der Waals surface area contributed by atoms with Crippen molar-refractivity contribution < 1.29 is 9.53 Å². The van der Waals surface area contributed by atoms with Gasteiger partial charge in [-0.15, -0.1) is 0 Å². The molecule has 4 rings (SSSR count). The molecule has 1 aliphatic rings. The molecule has 2 heterocycles. The minimum absolute atomic E-state index is 0.196. The maximum absolute atomic E-state index is 13.6. The third-order valence-electron chi connectivity index (χ3n) is 5.45. The number of hydrogen-bond acceptors (Lipinski definition) is 6. The number of anilines is 1. The molecule has 0 N–H and O–H groups in total. The number of allylic oxidation sites excluding steroid dienone is 1. The van der Waals surface area contributed by atoms with Crippen molar-refractivity contribution in [2.24, 2.45) is 4.99 Å². The van der Waals surface area contributed by atoms with Gasteiger partial charge in [0, 0.05) is 23.0 Å². The Morgan fingerprint density at radius 1 is 1.21 bits per heavy atom. The second kappa shape index (κ2) is 10.0. The molecule has 0 aliphatic carbocycles. The zero-order valence-electron chi connectivity index (χ0n) is 19.1. The normalized spacial score (nSPS) is 15.7. The summed E-state index contributed by atoms with van der Waals surface area (Å²) in [5.41, 5.74) is 3.48. The Morgan fingerprint density at radius 3 is 2.53 bits per heavy atom. The summed E-state index contributed by atoms with van der Waals surface area (Å²) >= 11 is 8.38. The fourth-order valence-electron chi connectivity index (χ4n) is 3.88. The fraction of sp³-hybridized carbons (Fsp3) is 0.240. The third kappa shape index (κ3) is 4.69. The molecule has 0 fully saturated rings. The Balaban J connectivity index is 1.91. The van der Waals surface area contributed by atoms with Gasteiger partial charge in [0.25, 0.3) is 5.56 Å². The Hall–Kier alpha value is -2.49. The van der Waals surface area contributed by atoms with Crippen molar-refractivity contribution in [3.05, 3.63) is 93.5 Å². The van der Waals surface area contributed by atoms with Crippen LogP contribution in [0.3, 0.4) is 0 Å². The predicted molar refractivity (Wildman–Crippen MR) is 143 cm³/mol. The summed E-state index contributed by atoms with van der Waals surface area (Å²) in [6.07, 6.45) is 1.86. The quantitative estimate of drug-likeness (QED) is 0.405. The highest BCUT2D eigenvalue weighted by Crippen LogP contribution is 2.31. The second-order valence-corrected chi connectivity index (χ2v) is 10.7. The van der Waals surface area contributed by atoms with Gasteiger partial charge in [0.2, 0.25) is 0 Å². The van der Waals surface area contributed by atoms with Crippen molar-refractivity contribution >= 4 is 60.9 Å². The Bertz CT molecular complexity index is 1470. The van der Waals surface area contributed by atoms with Gasteiger partial charge in [-0.2, -0.15) is 0 Å². The monoisotopic (exact) mass is 603 g/mol. The van der Waals surface area contributed by atoms with Crippen molar-refractivity contribution in [2.75, 3.05) is 25.6 Å². The van der Waals surface area contributed by atoms with Crippen molar-refractivity contribution in [3.8, 4) is 0 Å². The maximum Gasteiger partial charge on any atom is 0.338 e. The molecule has 0 spiro atoms. The molecule has 0 saturated heterocycles. The first kappa shape index (κ1) is 24.6. The number of hydrogen-bond donors (Lipinski definition) is 0. The molecule has 0 bridgehead atoms. The lowest BCUT2D eigenvalue weighted by Crippen LogP contribution is -2.39. The summed E-state index contributed by atoms with van der Waals surface area (Å²) in [6.45, 7) is 3.79. The van der Waals surface area contributed by atoms with E-state index in [0.29, 0.717) is 20.6 Å². The molecular formula is C25H23Br2N3O3S. The van der Waals surface area contributed by atoms with Crippen LogP contribution in [-0.2, 0) is 9.53 Å². The van der Waals surface area contributed by atoms with Crippen LogP contribution in [0.25, 0.3) is 6.08 Å². The highest BCUT2D eigenvalue weighted by Gasteiger charge is 2.33. The first-order valence-corrected chi connectivity index (χ1v) is 13.0. The number of carbonyl (C=O) groups is 1. The highest BCUT2D eigenvalue weighted by molar-refractivity contribution is 9.10. The molecule has 6 nitrogen and oxygen atoms in total. The summed E-state index contributed by atoms with van der Waals surface area (Å²) < 4.78 is 9.33. The first-order chi connectivity index (χ1) is 16.2. The third-order valence-corrected chi connectivity index (χ3v) is 7.60. The number of aromatic nitrogens is 1. The van der Waals surface area contributed by atoms with Crippen molar-refractivity contribution in [3.63, 3.8) is 0 Å². The number of ether oxygens (including phenoxy) is 1. The van der Waals surface area contributed by atoms with Gasteiger partial charge in [0.05, 0.1) is 34.1 Å². The van der Waals surface area contributed by atoms with E-state index >= 15 is 0 Å². The zero-order valence-corrected chi connectivity index (χ0v) is 23.1. The van der Waals surface area contributed by atoms with Gasteiger partial charge in [-0.3, -0.25) is 9.36 Å². The van der Waals surface area contributed by atoms with Crippen LogP contribution in [0.4, 0.5) is 5.69 Å². The standard InChI is InChI=1S/C25H23Br2N3O3S/c1-5-33-24(32)21-14(2)28-25-30(22(21)16-7-9-17(26)10-8-16)23(31)20(34-25)13-15-6-11-19(29(3)4)18(27)12-15/h6-13,22H,5H2,1-4H3/b20-13+. The molecule has 176 valence electrons. The number of esters is 1. The second-order valence-electron chi connectivity index (χ2n) is 7.96. The molecule has 1 aromatic heterocycles. The molecule has 1 aliphatic heterocycles. The molecule has 3 aromatic rings. The minimum Gasteiger partial charge on any atom is -0.463 e. The maximum atomic E-state index is 13.6. The lowest BCUT2D eigenvalue weighted by molar-refractivity contribution is -0.139. The molecule has 1 unspecified atom stereocenters. The average Bonchev–Trinajstić information content (AvgIpc) is 3.08. The van der Waals surface area contributed by atoms with Gasteiger partial charge >= 0.3 is 5.97 Å². The van der Waals surface area contributed by atoms with E-state index in [1.54, 1.807) is 18.4 Å². The van der Waals surface area contributed by atoms with Gasteiger partial charge in [0.15, 0.2) is 4.80 Å². The Labute approximate surface area is 218 Å². The van der Waals surface area contributed by atoms with Crippen LogP contribution >= 0.6 is 43.2 Å². The van der Waals surface area contributed by atoms with Gasteiger partial charge in [-0.05, 0) is 71.2 Å². The van der Waals surface area contributed by atoms with Gasteiger partial charge in [-0.25, -0.2) is 9.79 Å². The van der Waals surface area contributed by atoms with E-state index in [9.17, 15) is 9.59 Å². The van der Waals surface area contributed by atoms with E-state index < -0.39 is 12.0 Å². The lowest BCUT2D eigenvalue weighted by Gasteiger charge is -2.24.